The lowest BCUT2D eigenvalue weighted by Gasteiger charge is -2.01. The molecule has 0 heterocycles. The van der Waals surface area contributed by atoms with E-state index in [0.717, 1.165) is 5.75 Å². The van der Waals surface area contributed by atoms with Crippen molar-refractivity contribution in [1.82, 2.24) is 0 Å². The summed E-state index contributed by atoms with van der Waals surface area (Å²) in [5, 5.41) is 0. The molecule has 0 atom stereocenters. The summed E-state index contributed by atoms with van der Waals surface area (Å²) in [6, 6.07) is 8.41. The minimum Gasteiger partial charge on any atom is -0.326 e. The fourth-order valence-corrected chi connectivity index (χ4v) is 2.09. The lowest BCUT2D eigenvalue weighted by molar-refractivity contribution is 1.06. The van der Waals surface area contributed by atoms with Gasteiger partial charge in [-0.05, 0) is 31.5 Å². The lowest BCUT2D eigenvalue weighted by atomic mass is 10.2. The third kappa shape index (κ3) is 3.99. The van der Waals surface area contributed by atoms with Crippen molar-refractivity contribution in [2.75, 3.05) is 5.75 Å². The van der Waals surface area contributed by atoms with Crippen LogP contribution in [0.5, 0.6) is 0 Å². The Morgan fingerprint density at radius 3 is 2.86 bits per heavy atom. The topological polar surface area (TPSA) is 26.0 Å². The van der Waals surface area contributed by atoms with Crippen molar-refractivity contribution < 1.29 is 0 Å². The molecule has 0 aliphatic rings. The summed E-state index contributed by atoms with van der Waals surface area (Å²) in [4.78, 5) is 1.30. The highest BCUT2D eigenvalue weighted by molar-refractivity contribution is 7.99. The average molecular weight is 207 g/mol. The van der Waals surface area contributed by atoms with Crippen LogP contribution in [-0.4, -0.2) is 5.75 Å². The van der Waals surface area contributed by atoms with Gasteiger partial charge in [0.1, 0.15) is 0 Å². The largest absolute Gasteiger partial charge is 0.326 e. The van der Waals surface area contributed by atoms with E-state index in [2.05, 4.69) is 44.2 Å². The molecule has 1 aromatic carbocycles. The Morgan fingerprint density at radius 1 is 1.43 bits per heavy atom. The van der Waals surface area contributed by atoms with Crippen molar-refractivity contribution >= 4 is 11.8 Å². The van der Waals surface area contributed by atoms with Gasteiger partial charge in [-0.3, -0.25) is 0 Å². The van der Waals surface area contributed by atoms with Crippen molar-refractivity contribution in [2.45, 2.75) is 25.3 Å². The highest BCUT2D eigenvalue weighted by Crippen LogP contribution is 2.19. The molecule has 2 N–H and O–H groups in total. The van der Waals surface area contributed by atoms with E-state index in [0.29, 0.717) is 6.54 Å². The van der Waals surface area contributed by atoms with Crippen LogP contribution in [0.15, 0.2) is 40.8 Å². The second-order valence-corrected chi connectivity index (χ2v) is 4.54. The number of allylic oxidation sites excluding steroid dienone is 1. The van der Waals surface area contributed by atoms with Gasteiger partial charge in [-0.15, -0.1) is 11.8 Å². The standard InChI is InChI=1S/C12H17NS/c1-10(2)6-7-14-12-5-3-4-11(8-12)9-13/h3-6,8H,7,9,13H2,1-2H3. The van der Waals surface area contributed by atoms with Gasteiger partial charge in [0.15, 0.2) is 0 Å². The Balaban J connectivity index is 2.54. The van der Waals surface area contributed by atoms with E-state index in [1.807, 2.05) is 11.8 Å². The van der Waals surface area contributed by atoms with Crippen molar-refractivity contribution in [3.8, 4) is 0 Å². The zero-order valence-corrected chi connectivity index (χ0v) is 9.60. The molecule has 14 heavy (non-hydrogen) atoms. The van der Waals surface area contributed by atoms with Crippen LogP contribution in [0.4, 0.5) is 0 Å². The minimum absolute atomic E-state index is 0.622. The van der Waals surface area contributed by atoms with Crippen LogP contribution in [0.3, 0.4) is 0 Å². The molecule has 0 saturated carbocycles. The first-order valence-corrected chi connectivity index (χ1v) is 5.76. The van der Waals surface area contributed by atoms with Crippen LogP contribution in [0.1, 0.15) is 19.4 Å². The smallest absolute Gasteiger partial charge is 0.0178 e. The maximum Gasteiger partial charge on any atom is 0.0178 e. The van der Waals surface area contributed by atoms with Gasteiger partial charge in [-0.2, -0.15) is 0 Å². The van der Waals surface area contributed by atoms with Crippen molar-refractivity contribution in [1.29, 1.82) is 0 Å². The molecular formula is C12H17NS. The quantitative estimate of drug-likeness (QED) is 0.606. The molecule has 0 bridgehead atoms. The van der Waals surface area contributed by atoms with E-state index in [1.54, 1.807) is 0 Å². The number of rotatable bonds is 4. The number of hydrogen-bond donors (Lipinski definition) is 1. The first kappa shape index (κ1) is 11.3. The SMILES string of the molecule is CC(C)=CCSc1cccc(CN)c1. The summed E-state index contributed by atoms with van der Waals surface area (Å²) in [5.74, 6) is 1.04. The molecule has 0 radical (unpaired) electrons. The average Bonchev–Trinajstić information content (AvgIpc) is 2.18. The monoisotopic (exact) mass is 207 g/mol. The Morgan fingerprint density at radius 2 is 2.21 bits per heavy atom. The molecule has 2 heteroatoms. The Labute approximate surface area is 90.4 Å². The maximum absolute atomic E-state index is 5.57. The van der Waals surface area contributed by atoms with Gasteiger partial charge >= 0.3 is 0 Å². The van der Waals surface area contributed by atoms with Gasteiger partial charge in [-0.25, -0.2) is 0 Å². The van der Waals surface area contributed by atoms with Crippen LogP contribution >= 0.6 is 11.8 Å². The molecule has 76 valence electrons. The summed E-state index contributed by atoms with van der Waals surface area (Å²) in [5.41, 5.74) is 8.14. The van der Waals surface area contributed by atoms with Crippen molar-refractivity contribution in [3.63, 3.8) is 0 Å². The molecule has 1 aromatic rings. The van der Waals surface area contributed by atoms with Crippen molar-refractivity contribution in [2.24, 2.45) is 5.73 Å². The molecule has 1 nitrogen and oxygen atoms in total. The third-order valence-electron chi connectivity index (χ3n) is 1.88. The molecule has 0 saturated heterocycles. The van der Waals surface area contributed by atoms with E-state index >= 15 is 0 Å². The van der Waals surface area contributed by atoms with E-state index in [-0.39, 0.29) is 0 Å². The van der Waals surface area contributed by atoms with Crippen molar-refractivity contribution in [3.05, 3.63) is 41.5 Å². The zero-order chi connectivity index (χ0) is 10.4. The molecule has 0 fully saturated rings. The van der Waals surface area contributed by atoms with E-state index in [4.69, 9.17) is 5.73 Å². The first-order valence-electron chi connectivity index (χ1n) is 4.77. The number of benzene rings is 1. The van der Waals surface area contributed by atoms with Gasteiger partial charge in [0.2, 0.25) is 0 Å². The van der Waals surface area contributed by atoms with Gasteiger partial charge in [0.25, 0.3) is 0 Å². The van der Waals surface area contributed by atoms with Crippen LogP contribution in [0.2, 0.25) is 0 Å². The van der Waals surface area contributed by atoms with Gasteiger partial charge < -0.3 is 5.73 Å². The summed E-state index contributed by atoms with van der Waals surface area (Å²) in [6.07, 6.45) is 2.24. The summed E-state index contributed by atoms with van der Waals surface area (Å²) in [7, 11) is 0. The number of thioether (sulfide) groups is 1. The van der Waals surface area contributed by atoms with E-state index in [9.17, 15) is 0 Å². The van der Waals surface area contributed by atoms with Crippen LogP contribution in [0.25, 0.3) is 0 Å². The summed E-state index contributed by atoms with van der Waals surface area (Å²) < 4.78 is 0. The molecule has 0 aliphatic carbocycles. The first-order chi connectivity index (χ1) is 6.72. The lowest BCUT2D eigenvalue weighted by Crippen LogP contribution is -1.95. The highest BCUT2D eigenvalue weighted by Gasteiger charge is 1.93. The zero-order valence-electron chi connectivity index (χ0n) is 8.79. The van der Waals surface area contributed by atoms with Crippen LogP contribution < -0.4 is 5.73 Å². The Hall–Kier alpha value is -0.730. The molecule has 0 amide bonds. The van der Waals surface area contributed by atoms with Gasteiger partial charge in [-0.1, -0.05) is 23.8 Å². The Kier molecular flexibility index (Phi) is 4.77. The van der Waals surface area contributed by atoms with E-state index < -0.39 is 0 Å². The van der Waals surface area contributed by atoms with Gasteiger partial charge in [0, 0.05) is 17.2 Å². The molecule has 0 spiro atoms. The number of hydrogen-bond acceptors (Lipinski definition) is 2. The second-order valence-electron chi connectivity index (χ2n) is 3.44. The fourth-order valence-electron chi connectivity index (χ4n) is 1.07. The second kappa shape index (κ2) is 5.89. The molecule has 0 aromatic heterocycles. The third-order valence-corrected chi connectivity index (χ3v) is 2.80. The predicted octanol–water partition coefficient (Wildman–Crippen LogP) is 3.20. The Bertz CT molecular complexity index is 314. The van der Waals surface area contributed by atoms with Crippen LogP contribution in [-0.2, 0) is 6.54 Å². The van der Waals surface area contributed by atoms with Crippen LogP contribution in [0, 0.1) is 0 Å². The highest BCUT2D eigenvalue weighted by atomic mass is 32.2. The predicted molar refractivity (Wildman–Crippen MR) is 64.5 cm³/mol. The maximum atomic E-state index is 5.57. The normalized spacial score (nSPS) is 9.93. The van der Waals surface area contributed by atoms with E-state index in [1.165, 1.54) is 16.0 Å². The molecular weight excluding hydrogens is 190 g/mol. The summed E-state index contributed by atoms with van der Waals surface area (Å²) in [6.45, 7) is 4.87. The molecule has 0 unspecified atom stereocenters. The van der Waals surface area contributed by atoms with Gasteiger partial charge in [0.05, 0.1) is 0 Å². The minimum atomic E-state index is 0.622. The number of nitrogens with two attached hydrogens (primary N) is 1. The molecule has 1 rings (SSSR count). The molecule has 0 aliphatic heterocycles. The fraction of sp³-hybridized carbons (Fsp3) is 0.333. The summed E-state index contributed by atoms with van der Waals surface area (Å²) >= 11 is 1.85.